The van der Waals surface area contributed by atoms with Crippen LogP contribution in [0.5, 0.6) is 23.0 Å². The molecule has 0 aromatic heterocycles. The van der Waals surface area contributed by atoms with Crippen LogP contribution in [0.1, 0.15) is 31.8 Å². The largest absolute Gasteiger partial charge is 0.491 e. The van der Waals surface area contributed by atoms with Gasteiger partial charge in [0.1, 0.15) is 49.4 Å². The Morgan fingerprint density at radius 3 is 1.35 bits per heavy atom. The summed E-state index contributed by atoms with van der Waals surface area (Å²) in [5, 5.41) is 5.92. The molecule has 2 N–H and O–H groups in total. The Kier molecular flexibility index (Phi) is 13.9. The van der Waals surface area contributed by atoms with E-state index in [1.165, 1.54) is 0 Å². The van der Waals surface area contributed by atoms with E-state index in [2.05, 4.69) is 17.2 Å². The van der Waals surface area contributed by atoms with E-state index < -0.39 is 0 Å². The predicted octanol–water partition coefficient (Wildman–Crippen LogP) is 6.64. The predicted molar refractivity (Wildman–Crippen MR) is 195 cm³/mol. The highest BCUT2D eigenvalue weighted by Crippen LogP contribution is 2.29. The summed E-state index contributed by atoms with van der Waals surface area (Å²) >= 11 is 0. The standard InChI is InChI=1S/C40H44N2O9/c1-28-10-12-37-35(22-28)41-39(43)31-6-4-8-33(24-31)48-20-18-46-16-14-45-15-17-47-19-21-49-34-9-5-7-32(25-34)40(44)42-36-23-29(2)11-13-38(36)51-27-30(3)26-50-37/h4-13,22-25H,3,14-21,26-27H2,1-2H3,(H,41,43)(H,42,44). The fraction of sp³-hybridized carbons (Fsp3) is 0.300. The summed E-state index contributed by atoms with van der Waals surface area (Å²) in [7, 11) is 0. The van der Waals surface area contributed by atoms with Gasteiger partial charge in [-0.2, -0.15) is 0 Å². The first-order valence-electron chi connectivity index (χ1n) is 16.8. The van der Waals surface area contributed by atoms with E-state index in [1.807, 2.05) is 38.1 Å². The van der Waals surface area contributed by atoms with Crippen LogP contribution < -0.4 is 29.6 Å². The molecule has 0 saturated carbocycles. The van der Waals surface area contributed by atoms with Gasteiger partial charge >= 0.3 is 0 Å². The molecule has 4 aromatic rings. The first-order valence-corrected chi connectivity index (χ1v) is 16.8. The van der Waals surface area contributed by atoms with Crippen molar-refractivity contribution in [2.75, 3.05) is 76.7 Å². The van der Waals surface area contributed by atoms with E-state index in [0.717, 1.165) is 11.1 Å². The number of nitrogens with one attached hydrogen (secondary N) is 2. The molecule has 0 fully saturated rings. The Bertz CT molecular complexity index is 1660. The number of carbonyl (C=O) groups is 2. The minimum absolute atomic E-state index is 0.134. The third-order valence-corrected chi connectivity index (χ3v) is 7.56. The van der Waals surface area contributed by atoms with E-state index in [9.17, 15) is 9.59 Å². The summed E-state index contributed by atoms with van der Waals surface area (Å²) in [4.78, 5) is 26.5. The monoisotopic (exact) mass is 696 g/mol. The number of hydrogen-bond donors (Lipinski definition) is 2. The fourth-order valence-electron chi connectivity index (χ4n) is 4.96. The molecular formula is C40H44N2O9. The number of amides is 2. The van der Waals surface area contributed by atoms with E-state index in [4.69, 9.17) is 33.2 Å². The third kappa shape index (κ3) is 11.9. The van der Waals surface area contributed by atoms with Gasteiger partial charge < -0.3 is 43.8 Å². The Labute approximate surface area is 298 Å². The van der Waals surface area contributed by atoms with Crippen LogP contribution in [0.2, 0.25) is 0 Å². The molecule has 51 heavy (non-hydrogen) atoms. The average Bonchev–Trinajstić information content (AvgIpc) is 3.12. The Hall–Kier alpha value is -5.36. The van der Waals surface area contributed by atoms with Crippen molar-refractivity contribution in [2.45, 2.75) is 13.8 Å². The molecule has 0 radical (unpaired) electrons. The lowest BCUT2D eigenvalue weighted by Gasteiger charge is -2.17. The van der Waals surface area contributed by atoms with Crippen LogP contribution in [0, 0.1) is 13.8 Å². The smallest absolute Gasteiger partial charge is 0.255 e. The molecule has 1 aliphatic rings. The van der Waals surface area contributed by atoms with Gasteiger partial charge in [-0.3, -0.25) is 9.59 Å². The summed E-state index contributed by atoms with van der Waals surface area (Å²) in [6, 6.07) is 25.0. The molecule has 0 aliphatic carbocycles. The zero-order chi connectivity index (χ0) is 35.8. The zero-order valence-corrected chi connectivity index (χ0v) is 29.0. The average molecular weight is 697 g/mol. The topological polar surface area (TPSA) is 123 Å². The molecule has 1 heterocycles. The van der Waals surface area contributed by atoms with Gasteiger partial charge in [0.05, 0.1) is 51.0 Å². The summed E-state index contributed by atoms with van der Waals surface area (Å²) in [5.41, 5.74) is 4.45. The van der Waals surface area contributed by atoms with Crippen molar-refractivity contribution in [2.24, 2.45) is 0 Å². The van der Waals surface area contributed by atoms with Crippen LogP contribution in [0.3, 0.4) is 0 Å². The maximum absolute atomic E-state index is 13.3. The molecule has 2 amide bonds. The first-order chi connectivity index (χ1) is 24.8. The van der Waals surface area contributed by atoms with Crippen LogP contribution in [-0.4, -0.2) is 77.9 Å². The van der Waals surface area contributed by atoms with Crippen molar-refractivity contribution >= 4 is 23.2 Å². The summed E-state index contributed by atoms with van der Waals surface area (Å²) in [5.74, 6) is 1.45. The van der Waals surface area contributed by atoms with Crippen molar-refractivity contribution in [1.82, 2.24) is 0 Å². The number of ether oxygens (including phenoxy) is 7. The van der Waals surface area contributed by atoms with Crippen LogP contribution in [0.15, 0.2) is 97.1 Å². The highest BCUT2D eigenvalue weighted by Gasteiger charge is 2.15. The summed E-state index contributed by atoms with van der Waals surface area (Å²) < 4.78 is 40.6. The molecule has 0 spiro atoms. The summed E-state index contributed by atoms with van der Waals surface area (Å²) in [6.45, 7) is 11.3. The molecule has 268 valence electrons. The zero-order valence-electron chi connectivity index (χ0n) is 29.0. The number of benzene rings is 4. The fourth-order valence-corrected chi connectivity index (χ4v) is 4.96. The molecule has 0 saturated heterocycles. The molecule has 5 rings (SSSR count). The van der Waals surface area contributed by atoms with E-state index in [1.54, 1.807) is 60.7 Å². The van der Waals surface area contributed by atoms with Gasteiger partial charge in [0.2, 0.25) is 0 Å². The second-order valence-corrected chi connectivity index (χ2v) is 11.8. The second-order valence-electron chi connectivity index (χ2n) is 11.8. The lowest BCUT2D eigenvalue weighted by Crippen LogP contribution is -2.16. The molecule has 11 nitrogen and oxygen atoms in total. The third-order valence-electron chi connectivity index (χ3n) is 7.56. The van der Waals surface area contributed by atoms with Crippen molar-refractivity contribution in [1.29, 1.82) is 0 Å². The number of aryl methyl sites for hydroxylation is 2. The molecule has 0 unspecified atom stereocenters. The van der Waals surface area contributed by atoms with E-state index in [0.29, 0.717) is 104 Å². The van der Waals surface area contributed by atoms with Gasteiger partial charge in [-0.05, 0) is 91.2 Å². The highest BCUT2D eigenvalue weighted by molar-refractivity contribution is 6.06. The van der Waals surface area contributed by atoms with E-state index >= 15 is 0 Å². The van der Waals surface area contributed by atoms with Gasteiger partial charge in [0.15, 0.2) is 0 Å². The van der Waals surface area contributed by atoms with Crippen LogP contribution in [0.25, 0.3) is 0 Å². The maximum Gasteiger partial charge on any atom is 0.255 e. The van der Waals surface area contributed by atoms with Crippen LogP contribution in [0.4, 0.5) is 11.4 Å². The number of fused-ring (bicyclic) bond motifs is 6. The Morgan fingerprint density at radius 2 is 0.922 bits per heavy atom. The molecule has 4 aromatic carbocycles. The van der Waals surface area contributed by atoms with Crippen LogP contribution >= 0.6 is 0 Å². The van der Waals surface area contributed by atoms with Crippen molar-refractivity contribution in [3.63, 3.8) is 0 Å². The van der Waals surface area contributed by atoms with Gasteiger partial charge in [-0.1, -0.05) is 30.8 Å². The summed E-state index contributed by atoms with van der Waals surface area (Å²) in [6.07, 6.45) is 0. The van der Waals surface area contributed by atoms with Crippen molar-refractivity contribution in [3.05, 3.63) is 119 Å². The van der Waals surface area contributed by atoms with Gasteiger partial charge in [-0.15, -0.1) is 0 Å². The molecule has 11 heteroatoms. The normalized spacial score (nSPS) is 16.1. The lowest BCUT2D eigenvalue weighted by molar-refractivity contribution is 0.00498. The van der Waals surface area contributed by atoms with Crippen LogP contribution in [-0.2, 0) is 14.2 Å². The van der Waals surface area contributed by atoms with Gasteiger partial charge in [-0.25, -0.2) is 0 Å². The first kappa shape index (κ1) is 36.9. The minimum Gasteiger partial charge on any atom is -0.491 e. The van der Waals surface area contributed by atoms with E-state index in [-0.39, 0.29) is 25.0 Å². The molecule has 4 bridgehead atoms. The number of anilines is 2. The Morgan fingerprint density at radius 1 is 0.510 bits per heavy atom. The second kappa shape index (κ2) is 19.1. The minimum atomic E-state index is -0.311. The van der Waals surface area contributed by atoms with Crippen molar-refractivity contribution in [3.8, 4) is 23.0 Å². The highest BCUT2D eigenvalue weighted by atomic mass is 16.6. The lowest BCUT2D eigenvalue weighted by atomic mass is 10.1. The molecule has 0 atom stereocenters. The van der Waals surface area contributed by atoms with Crippen molar-refractivity contribution < 1.29 is 42.7 Å². The molecular weight excluding hydrogens is 652 g/mol. The number of hydrogen-bond acceptors (Lipinski definition) is 9. The van der Waals surface area contributed by atoms with Gasteiger partial charge in [0, 0.05) is 11.1 Å². The number of carbonyl (C=O) groups excluding carboxylic acids is 2. The number of rotatable bonds is 0. The SMILES string of the molecule is C=C1COc2ccc(C)cc2NC(=O)c2cccc(c2)OCCOCCOCCOCCOc2cccc(c2)C(=O)Nc2cc(C)ccc2OC1. The molecule has 1 aliphatic heterocycles. The quantitative estimate of drug-likeness (QED) is 0.195. The maximum atomic E-state index is 13.3. The Balaban J connectivity index is 1.27. The van der Waals surface area contributed by atoms with Gasteiger partial charge in [0.25, 0.3) is 11.8 Å².